The molecule has 11 heteroatoms. The van der Waals surface area contributed by atoms with Crippen molar-refractivity contribution in [3.8, 4) is 0 Å². The number of carbonyl (C=O) groups excluding carboxylic acids is 2. The molecule has 0 amide bonds. The first kappa shape index (κ1) is 26.1. The average Bonchev–Trinajstić information content (AvgIpc) is 2.84. The Labute approximate surface area is 206 Å². The quantitative estimate of drug-likeness (QED) is 0.297. The molecule has 36 heavy (non-hydrogen) atoms. The SMILES string of the molecule is CCOC(=O)C1=C(Nc2cccc([N+](=O)[O-])c2)C=C(C)[C@H](C(=O)OCC)[C@@H]1c1cccc([N+](=O)[O-])c1. The minimum Gasteiger partial charge on any atom is -0.466 e. The van der Waals surface area contributed by atoms with E-state index in [1.807, 2.05) is 0 Å². The summed E-state index contributed by atoms with van der Waals surface area (Å²) >= 11 is 0. The van der Waals surface area contributed by atoms with Gasteiger partial charge in [0.2, 0.25) is 0 Å². The number of nitrogens with zero attached hydrogens (tertiary/aromatic N) is 2. The molecule has 0 saturated heterocycles. The number of carbonyl (C=O) groups is 2. The molecule has 1 N–H and O–H groups in total. The van der Waals surface area contributed by atoms with E-state index >= 15 is 0 Å². The van der Waals surface area contributed by atoms with Crippen molar-refractivity contribution in [2.75, 3.05) is 18.5 Å². The van der Waals surface area contributed by atoms with Crippen LogP contribution >= 0.6 is 0 Å². The highest BCUT2D eigenvalue weighted by Crippen LogP contribution is 2.44. The minimum absolute atomic E-state index is 0.0425. The molecular formula is C25H25N3O8. The molecule has 0 fully saturated rings. The Morgan fingerprint density at radius 2 is 1.56 bits per heavy atom. The van der Waals surface area contributed by atoms with Crippen LogP contribution in [-0.2, 0) is 19.1 Å². The lowest BCUT2D eigenvalue weighted by Crippen LogP contribution is -2.34. The number of hydrogen-bond donors (Lipinski definition) is 1. The summed E-state index contributed by atoms with van der Waals surface area (Å²) in [5, 5.41) is 25.7. The molecular weight excluding hydrogens is 470 g/mol. The molecule has 0 unspecified atom stereocenters. The van der Waals surface area contributed by atoms with Crippen molar-refractivity contribution in [2.45, 2.75) is 26.7 Å². The molecule has 0 radical (unpaired) electrons. The monoisotopic (exact) mass is 495 g/mol. The fourth-order valence-electron chi connectivity index (χ4n) is 4.14. The molecule has 0 saturated carbocycles. The molecule has 0 aliphatic heterocycles. The normalized spacial score (nSPS) is 17.1. The van der Waals surface area contributed by atoms with Gasteiger partial charge in [-0.1, -0.05) is 23.8 Å². The first-order valence-corrected chi connectivity index (χ1v) is 11.2. The second-order valence-electron chi connectivity index (χ2n) is 7.93. The van der Waals surface area contributed by atoms with E-state index in [2.05, 4.69) is 5.32 Å². The number of esters is 2. The van der Waals surface area contributed by atoms with Crippen LogP contribution in [0, 0.1) is 26.1 Å². The predicted octanol–water partition coefficient (Wildman–Crippen LogP) is 4.66. The Bertz CT molecular complexity index is 1270. The molecule has 11 nitrogen and oxygen atoms in total. The molecule has 0 heterocycles. The van der Waals surface area contributed by atoms with Gasteiger partial charge in [-0.05, 0) is 38.5 Å². The number of nitro groups is 2. The molecule has 1 aliphatic carbocycles. The lowest BCUT2D eigenvalue weighted by atomic mass is 9.72. The van der Waals surface area contributed by atoms with Crippen LogP contribution in [-0.4, -0.2) is 35.0 Å². The number of allylic oxidation sites excluding steroid dienone is 1. The minimum atomic E-state index is -0.978. The molecule has 188 valence electrons. The van der Waals surface area contributed by atoms with Crippen molar-refractivity contribution in [3.05, 3.63) is 97.2 Å². The molecule has 2 aromatic rings. The maximum atomic E-state index is 13.3. The lowest BCUT2D eigenvalue weighted by Gasteiger charge is -2.33. The molecule has 0 bridgehead atoms. The summed E-state index contributed by atoms with van der Waals surface area (Å²) in [5.74, 6) is -3.27. The first-order valence-electron chi connectivity index (χ1n) is 11.2. The molecule has 1 aliphatic rings. The van der Waals surface area contributed by atoms with Gasteiger partial charge in [-0.3, -0.25) is 25.0 Å². The molecule has 3 rings (SSSR count). The standard InChI is InChI=1S/C25H25N3O8/c1-4-35-24(29)21-15(3)12-20(26-17-9-7-11-19(14-17)28(33)34)23(25(30)36-5-2)22(21)16-8-6-10-18(13-16)27(31)32/h6-14,21-22,26H,4-5H2,1-3H3/t21-,22-/m0/s1. The Morgan fingerprint density at radius 1 is 0.944 bits per heavy atom. The summed E-state index contributed by atoms with van der Waals surface area (Å²) in [6, 6.07) is 11.4. The van der Waals surface area contributed by atoms with Crippen molar-refractivity contribution in [2.24, 2.45) is 5.92 Å². The van der Waals surface area contributed by atoms with Gasteiger partial charge in [0.15, 0.2) is 0 Å². The maximum absolute atomic E-state index is 13.3. The Kier molecular flexibility index (Phi) is 8.15. The van der Waals surface area contributed by atoms with Crippen molar-refractivity contribution >= 4 is 29.0 Å². The smallest absolute Gasteiger partial charge is 0.336 e. The van der Waals surface area contributed by atoms with E-state index in [0.29, 0.717) is 16.8 Å². The van der Waals surface area contributed by atoms with E-state index in [-0.39, 0.29) is 35.9 Å². The van der Waals surface area contributed by atoms with Gasteiger partial charge in [-0.15, -0.1) is 0 Å². The van der Waals surface area contributed by atoms with Crippen LogP contribution in [0.15, 0.2) is 71.5 Å². The van der Waals surface area contributed by atoms with E-state index in [0.717, 1.165) is 0 Å². The average molecular weight is 495 g/mol. The molecule has 2 atom stereocenters. The van der Waals surface area contributed by atoms with Gasteiger partial charge in [-0.25, -0.2) is 4.79 Å². The van der Waals surface area contributed by atoms with Gasteiger partial charge in [0.05, 0.1) is 34.6 Å². The molecule has 0 aromatic heterocycles. The Hall–Kier alpha value is -4.54. The summed E-state index contributed by atoms with van der Waals surface area (Å²) in [7, 11) is 0. The van der Waals surface area contributed by atoms with Crippen LogP contribution in [0.4, 0.5) is 17.1 Å². The third-order valence-electron chi connectivity index (χ3n) is 5.61. The van der Waals surface area contributed by atoms with Crippen LogP contribution in [0.1, 0.15) is 32.3 Å². The van der Waals surface area contributed by atoms with Gasteiger partial charge in [0, 0.05) is 41.6 Å². The highest BCUT2D eigenvalue weighted by Gasteiger charge is 2.42. The number of anilines is 1. The number of rotatable bonds is 9. The van der Waals surface area contributed by atoms with Crippen molar-refractivity contribution in [1.29, 1.82) is 0 Å². The fraction of sp³-hybridized carbons (Fsp3) is 0.280. The zero-order valence-corrected chi connectivity index (χ0v) is 19.9. The summed E-state index contributed by atoms with van der Waals surface area (Å²) in [6.07, 6.45) is 1.58. The van der Waals surface area contributed by atoms with E-state index in [4.69, 9.17) is 9.47 Å². The summed E-state index contributed by atoms with van der Waals surface area (Å²) in [5.41, 5.74) is 1.14. The topological polar surface area (TPSA) is 151 Å². The number of non-ortho nitro benzene ring substituents is 2. The van der Waals surface area contributed by atoms with Crippen LogP contribution in [0.5, 0.6) is 0 Å². The van der Waals surface area contributed by atoms with Crippen LogP contribution in [0.25, 0.3) is 0 Å². The van der Waals surface area contributed by atoms with Crippen LogP contribution in [0.3, 0.4) is 0 Å². The van der Waals surface area contributed by atoms with Crippen molar-refractivity contribution in [3.63, 3.8) is 0 Å². The largest absolute Gasteiger partial charge is 0.466 e. The zero-order valence-electron chi connectivity index (χ0n) is 19.9. The summed E-state index contributed by atoms with van der Waals surface area (Å²) in [4.78, 5) is 47.9. The third-order valence-corrected chi connectivity index (χ3v) is 5.61. The van der Waals surface area contributed by atoms with Crippen molar-refractivity contribution in [1.82, 2.24) is 0 Å². The number of benzene rings is 2. The fourth-order valence-corrected chi connectivity index (χ4v) is 4.14. The van der Waals surface area contributed by atoms with Gasteiger partial charge in [-0.2, -0.15) is 0 Å². The zero-order chi connectivity index (χ0) is 26.4. The van der Waals surface area contributed by atoms with Gasteiger partial charge >= 0.3 is 11.9 Å². The summed E-state index contributed by atoms with van der Waals surface area (Å²) < 4.78 is 10.6. The van der Waals surface area contributed by atoms with Crippen LogP contribution in [0.2, 0.25) is 0 Å². The highest BCUT2D eigenvalue weighted by molar-refractivity contribution is 5.96. The summed E-state index contributed by atoms with van der Waals surface area (Å²) in [6.45, 7) is 5.10. The Balaban J connectivity index is 2.25. The lowest BCUT2D eigenvalue weighted by molar-refractivity contribution is -0.385. The van der Waals surface area contributed by atoms with E-state index in [1.165, 1.54) is 36.4 Å². The third kappa shape index (κ3) is 5.57. The molecule has 2 aromatic carbocycles. The maximum Gasteiger partial charge on any atom is 0.336 e. The number of nitrogens with one attached hydrogen (secondary N) is 1. The van der Waals surface area contributed by atoms with Gasteiger partial charge in [0.25, 0.3) is 11.4 Å². The van der Waals surface area contributed by atoms with E-state index in [9.17, 15) is 29.8 Å². The number of hydrogen-bond acceptors (Lipinski definition) is 9. The first-order chi connectivity index (χ1) is 17.2. The second-order valence-corrected chi connectivity index (χ2v) is 7.93. The number of nitro benzene ring substituents is 2. The second kappa shape index (κ2) is 11.3. The van der Waals surface area contributed by atoms with Crippen LogP contribution < -0.4 is 5.32 Å². The van der Waals surface area contributed by atoms with E-state index < -0.39 is 33.6 Å². The van der Waals surface area contributed by atoms with E-state index in [1.54, 1.807) is 39.0 Å². The van der Waals surface area contributed by atoms with Gasteiger partial charge < -0.3 is 14.8 Å². The van der Waals surface area contributed by atoms with Crippen molar-refractivity contribution < 1.29 is 28.9 Å². The highest BCUT2D eigenvalue weighted by atomic mass is 16.6. The molecule has 0 spiro atoms. The predicted molar refractivity (Wildman–Crippen MR) is 130 cm³/mol. The Morgan fingerprint density at radius 3 is 2.17 bits per heavy atom. The van der Waals surface area contributed by atoms with Gasteiger partial charge in [0.1, 0.15) is 0 Å². The number of ether oxygens (including phenoxy) is 2.